The van der Waals surface area contributed by atoms with Crippen LogP contribution in [-0.2, 0) is 17.8 Å². The molecule has 4 nitrogen and oxygen atoms in total. The molecular formula is C20H21F2N3O. The smallest absolute Gasteiger partial charge is 0.228 e. The number of hydrogen-bond donors (Lipinski definition) is 0. The van der Waals surface area contributed by atoms with Crippen LogP contribution >= 0.6 is 0 Å². The number of nitrogens with zero attached hydrogens (tertiary/aromatic N) is 3. The second kappa shape index (κ2) is 7.11. The van der Waals surface area contributed by atoms with Crippen molar-refractivity contribution in [2.75, 3.05) is 26.2 Å². The lowest BCUT2D eigenvalue weighted by Crippen LogP contribution is -2.34. The molecule has 1 aromatic carbocycles. The van der Waals surface area contributed by atoms with Gasteiger partial charge in [0.1, 0.15) is 11.6 Å². The zero-order chi connectivity index (χ0) is 18.1. The number of rotatable bonds is 4. The minimum atomic E-state index is -0.393. The second-order valence-corrected chi connectivity index (χ2v) is 7.29. The number of fused-ring (bicyclic) bond motifs is 1. The lowest BCUT2D eigenvalue weighted by Gasteiger charge is -2.21. The van der Waals surface area contributed by atoms with Gasteiger partial charge in [-0.05, 0) is 41.7 Å². The van der Waals surface area contributed by atoms with E-state index >= 15 is 0 Å². The maximum Gasteiger partial charge on any atom is 0.228 e. The van der Waals surface area contributed by atoms with Crippen LogP contribution in [0.4, 0.5) is 8.78 Å². The maximum atomic E-state index is 13.3. The van der Waals surface area contributed by atoms with Gasteiger partial charge in [-0.1, -0.05) is 12.1 Å². The molecule has 2 saturated heterocycles. The van der Waals surface area contributed by atoms with Gasteiger partial charge in [0, 0.05) is 38.4 Å². The van der Waals surface area contributed by atoms with Crippen molar-refractivity contribution in [1.29, 1.82) is 0 Å². The largest absolute Gasteiger partial charge is 0.342 e. The Balaban J connectivity index is 1.30. The normalized spacial score (nSPS) is 22.6. The van der Waals surface area contributed by atoms with Crippen molar-refractivity contribution in [3.8, 4) is 0 Å². The Morgan fingerprint density at radius 2 is 1.81 bits per heavy atom. The molecule has 0 saturated carbocycles. The molecule has 0 radical (unpaired) electrons. The summed E-state index contributed by atoms with van der Waals surface area (Å²) in [6.45, 7) is 4.12. The van der Waals surface area contributed by atoms with E-state index in [2.05, 4.69) is 9.88 Å². The van der Waals surface area contributed by atoms with E-state index in [0.717, 1.165) is 44.5 Å². The van der Waals surface area contributed by atoms with Crippen LogP contribution < -0.4 is 0 Å². The number of pyridine rings is 1. The fourth-order valence-corrected chi connectivity index (χ4v) is 4.09. The maximum absolute atomic E-state index is 13.3. The third kappa shape index (κ3) is 3.75. The lowest BCUT2D eigenvalue weighted by molar-refractivity contribution is -0.129. The fourth-order valence-electron chi connectivity index (χ4n) is 4.09. The Labute approximate surface area is 151 Å². The molecule has 0 N–H and O–H groups in total. The van der Waals surface area contributed by atoms with Gasteiger partial charge < -0.3 is 4.90 Å². The average molecular weight is 357 g/mol. The highest BCUT2D eigenvalue weighted by Gasteiger charge is 2.41. The first-order valence-corrected chi connectivity index (χ1v) is 8.92. The van der Waals surface area contributed by atoms with Gasteiger partial charge in [0.15, 0.2) is 0 Å². The minimum Gasteiger partial charge on any atom is -0.342 e. The lowest BCUT2D eigenvalue weighted by atomic mass is 10.0. The molecule has 2 aliphatic heterocycles. The van der Waals surface area contributed by atoms with Crippen molar-refractivity contribution < 1.29 is 13.6 Å². The van der Waals surface area contributed by atoms with Gasteiger partial charge in [0.25, 0.3) is 0 Å². The van der Waals surface area contributed by atoms with Gasteiger partial charge in [-0.2, -0.15) is 0 Å². The zero-order valence-corrected chi connectivity index (χ0v) is 14.4. The van der Waals surface area contributed by atoms with Crippen molar-refractivity contribution in [2.45, 2.75) is 13.0 Å². The van der Waals surface area contributed by atoms with Gasteiger partial charge in [0.05, 0.1) is 12.6 Å². The fraction of sp³-hybridized carbons (Fsp3) is 0.400. The van der Waals surface area contributed by atoms with E-state index in [9.17, 15) is 13.6 Å². The highest BCUT2D eigenvalue weighted by Crippen LogP contribution is 2.32. The molecule has 136 valence electrons. The van der Waals surface area contributed by atoms with Crippen LogP contribution in [0, 0.1) is 23.5 Å². The Bertz CT molecular complexity index is 782. The van der Waals surface area contributed by atoms with Gasteiger partial charge >= 0.3 is 0 Å². The van der Waals surface area contributed by atoms with Gasteiger partial charge in [-0.3, -0.25) is 14.7 Å². The van der Waals surface area contributed by atoms with E-state index in [-0.39, 0.29) is 18.1 Å². The molecule has 2 aliphatic rings. The summed E-state index contributed by atoms with van der Waals surface area (Å²) in [4.78, 5) is 20.7. The Morgan fingerprint density at radius 1 is 1.04 bits per heavy atom. The molecule has 26 heavy (non-hydrogen) atoms. The molecule has 1 amide bonds. The molecule has 2 aromatic rings. The van der Waals surface area contributed by atoms with Crippen molar-refractivity contribution in [1.82, 2.24) is 14.8 Å². The van der Waals surface area contributed by atoms with E-state index in [0.29, 0.717) is 17.5 Å². The van der Waals surface area contributed by atoms with Crippen molar-refractivity contribution in [3.63, 3.8) is 0 Å². The summed E-state index contributed by atoms with van der Waals surface area (Å²) in [5.41, 5.74) is 1.58. The highest BCUT2D eigenvalue weighted by atomic mass is 19.1. The molecule has 2 fully saturated rings. The number of benzene rings is 1. The standard InChI is InChI=1S/C20H21F2N3O/c21-17-3-1-2-14(6-17)9-24-10-15-12-25(13-16(15)11-24)20(26)7-19-5-4-18(22)8-23-19/h1-6,8,15-16H,7,9-13H2. The van der Waals surface area contributed by atoms with Crippen LogP contribution in [0.3, 0.4) is 0 Å². The van der Waals surface area contributed by atoms with Crippen LogP contribution in [-0.4, -0.2) is 46.9 Å². The summed E-state index contributed by atoms with van der Waals surface area (Å²) in [5, 5.41) is 0. The molecule has 2 unspecified atom stereocenters. The van der Waals surface area contributed by atoms with E-state index in [1.807, 2.05) is 11.0 Å². The number of amides is 1. The third-order valence-electron chi connectivity index (χ3n) is 5.33. The molecule has 0 bridgehead atoms. The van der Waals surface area contributed by atoms with Gasteiger partial charge in [-0.25, -0.2) is 8.78 Å². The highest BCUT2D eigenvalue weighted by molar-refractivity contribution is 5.78. The van der Waals surface area contributed by atoms with E-state index in [1.54, 1.807) is 18.2 Å². The van der Waals surface area contributed by atoms with E-state index in [1.165, 1.54) is 12.1 Å². The second-order valence-electron chi connectivity index (χ2n) is 7.29. The molecule has 1 aromatic heterocycles. The predicted octanol–water partition coefficient (Wildman–Crippen LogP) is 2.49. The Morgan fingerprint density at radius 3 is 2.46 bits per heavy atom. The van der Waals surface area contributed by atoms with E-state index in [4.69, 9.17) is 0 Å². The van der Waals surface area contributed by atoms with Crippen LogP contribution in [0.1, 0.15) is 11.3 Å². The van der Waals surface area contributed by atoms with Crippen molar-refractivity contribution >= 4 is 5.91 Å². The number of carbonyl (C=O) groups excluding carboxylic acids is 1. The van der Waals surface area contributed by atoms with Crippen LogP contribution in [0.2, 0.25) is 0 Å². The van der Waals surface area contributed by atoms with Crippen LogP contribution in [0.15, 0.2) is 42.6 Å². The van der Waals surface area contributed by atoms with E-state index < -0.39 is 5.82 Å². The Hall–Kier alpha value is -2.34. The van der Waals surface area contributed by atoms with Crippen molar-refractivity contribution in [3.05, 3.63) is 65.5 Å². The third-order valence-corrected chi connectivity index (χ3v) is 5.33. The molecule has 2 atom stereocenters. The predicted molar refractivity (Wildman–Crippen MR) is 93.1 cm³/mol. The van der Waals surface area contributed by atoms with Crippen molar-refractivity contribution in [2.24, 2.45) is 11.8 Å². The number of halogens is 2. The quantitative estimate of drug-likeness (QED) is 0.844. The summed E-state index contributed by atoms with van der Waals surface area (Å²) in [6.07, 6.45) is 1.36. The number of aromatic nitrogens is 1. The average Bonchev–Trinajstić information content (AvgIpc) is 3.15. The zero-order valence-electron chi connectivity index (χ0n) is 14.4. The van der Waals surface area contributed by atoms with Crippen LogP contribution in [0.5, 0.6) is 0 Å². The topological polar surface area (TPSA) is 36.4 Å². The first kappa shape index (κ1) is 17.1. The number of hydrogen-bond acceptors (Lipinski definition) is 3. The SMILES string of the molecule is O=C(Cc1ccc(F)cn1)N1CC2CN(Cc3cccc(F)c3)CC2C1. The summed E-state index contributed by atoms with van der Waals surface area (Å²) < 4.78 is 26.2. The Kier molecular flexibility index (Phi) is 4.68. The number of carbonyl (C=O) groups is 1. The first-order valence-electron chi connectivity index (χ1n) is 8.92. The summed E-state index contributed by atoms with van der Waals surface area (Å²) in [6, 6.07) is 9.62. The summed E-state index contributed by atoms with van der Waals surface area (Å²) >= 11 is 0. The summed E-state index contributed by atoms with van der Waals surface area (Å²) in [5.74, 6) is 0.390. The first-order chi connectivity index (χ1) is 12.6. The monoisotopic (exact) mass is 357 g/mol. The molecule has 4 rings (SSSR count). The molecule has 6 heteroatoms. The molecule has 3 heterocycles. The molecule has 0 aliphatic carbocycles. The van der Waals surface area contributed by atoms with Crippen LogP contribution in [0.25, 0.3) is 0 Å². The molecule has 0 spiro atoms. The summed E-state index contributed by atoms with van der Waals surface area (Å²) in [7, 11) is 0. The van der Waals surface area contributed by atoms with Gasteiger partial charge in [0.2, 0.25) is 5.91 Å². The number of likely N-dealkylation sites (tertiary alicyclic amines) is 2. The van der Waals surface area contributed by atoms with Gasteiger partial charge in [-0.15, -0.1) is 0 Å². The minimum absolute atomic E-state index is 0.0511. The molecular weight excluding hydrogens is 336 g/mol.